The van der Waals surface area contributed by atoms with E-state index < -0.39 is 11.2 Å². The van der Waals surface area contributed by atoms with Crippen LogP contribution in [0.3, 0.4) is 0 Å². The molecular weight excluding hydrogens is 448 g/mol. The number of carbonyl (C=O) groups is 2. The molecule has 0 bridgehead atoms. The molecule has 3 rings (SSSR count). The number of amides is 2. The van der Waals surface area contributed by atoms with Crippen LogP contribution < -0.4 is 16.4 Å². The van der Waals surface area contributed by atoms with Gasteiger partial charge < -0.3 is 30.6 Å². The Labute approximate surface area is 212 Å². The summed E-state index contributed by atoms with van der Waals surface area (Å²) in [4.78, 5) is 25.7. The van der Waals surface area contributed by atoms with Crippen LogP contribution in [0.1, 0.15) is 92.9 Å². The Morgan fingerprint density at radius 3 is 1.54 bits per heavy atom. The van der Waals surface area contributed by atoms with E-state index in [0.29, 0.717) is 12.1 Å². The lowest BCUT2D eigenvalue weighted by atomic mass is 9.90. The summed E-state index contributed by atoms with van der Waals surface area (Å²) < 4.78 is 15.9. The van der Waals surface area contributed by atoms with Crippen LogP contribution >= 0.6 is 0 Å². The van der Waals surface area contributed by atoms with Crippen molar-refractivity contribution in [2.45, 2.75) is 128 Å². The standard InChI is InChI=1S/C15H28N2O3.C11H22N2O2/c1-15(2,3)20-14(18)16-12-4-6-13(7-5-12)17-8-10-19-11-9-17;1-11(2,3)15-10(14)13-9-6-4-8(12)5-7-9/h12-13H,4-11H2,1-3H3,(H,16,18);8-9H,4-7,12H2,1-3H3,(H,13,14). The van der Waals surface area contributed by atoms with Crippen LogP contribution in [-0.4, -0.2) is 78.8 Å². The molecule has 2 amide bonds. The molecule has 35 heavy (non-hydrogen) atoms. The smallest absolute Gasteiger partial charge is 0.407 e. The summed E-state index contributed by atoms with van der Waals surface area (Å²) in [6.07, 6.45) is 7.68. The highest BCUT2D eigenvalue weighted by Gasteiger charge is 2.28. The van der Waals surface area contributed by atoms with E-state index in [1.165, 1.54) is 0 Å². The molecule has 4 N–H and O–H groups in total. The van der Waals surface area contributed by atoms with E-state index >= 15 is 0 Å². The van der Waals surface area contributed by atoms with Crippen molar-refractivity contribution in [1.82, 2.24) is 15.5 Å². The van der Waals surface area contributed by atoms with Crippen LogP contribution in [0.4, 0.5) is 9.59 Å². The van der Waals surface area contributed by atoms with Crippen molar-refractivity contribution in [2.75, 3.05) is 26.3 Å². The van der Waals surface area contributed by atoms with E-state index in [9.17, 15) is 9.59 Å². The second kappa shape index (κ2) is 13.7. The molecule has 3 aliphatic rings. The van der Waals surface area contributed by atoms with Crippen molar-refractivity contribution in [1.29, 1.82) is 0 Å². The van der Waals surface area contributed by atoms with E-state index in [1.807, 2.05) is 41.5 Å². The van der Waals surface area contributed by atoms with Gasteiger partial charge in [0.25, 0.3) is 0 Å². The van der Waals surface area contributed by atoms with Crippen molar-refractivity contribution >= 4 is 12.2 Å². The number of nitrogens with two attached hydrogens (primary N) is 1. The first kappa shape index (κ1) is 29.6. The number of carbonyl (C=O) groups excluding carboxylic acids is 2. The van der Waals surface area contributed by atoms with Gasteiger partial charge in [-0.15, -0.1) is 0 Å². The summed E-state index contributed by atoms with van der Waals surface area (Å²) in [6, 6.07) is 1.47. The highest BCUT2D eigenvalue weighted by atomic mass is 16.6. The van der Waals surface area contributed by atoms with E-state index in [0.717, 1.165) is 77.7 Å². The predicted octanol–water partition coefficient (Wildman–Crippen LogP) is 3.94. The molecule has 3 fully saturated rings. The average molecular weight is 499 g/mol. The van der Waals surface area contributed by atoms with E-state index in [1.54, 1.807) is 0 Å². The fourth-order valence-corrected chi connectivity index (χ4v) is 4.74. The third-order valence-corrected chi connectivity index (χ3v) is 6.47. The van der Waals surface area contributed by atoms with Crippen molar-refractivity contribution in [2.24, 2.45) is 5.73 Å². The van der Waals surface area contributed by atoms with Gasteiger partial charge in [0.15, 0.2) is 0 Å². The number of nitrogens with zero attached hydrogens (tertiary/aromatic N) is 1. The Hall–Kier alpha value is -1.58. The zero-order valence-electron chi connectivity index (χ0n) is 22.9. The van der Waals surface area contributed by atoms with Gasteiger partial charge in [0.1, 0.15) is 11.2 Å². The first-order chi connectivity index (χ1) is 16.3. The lowest BCUT2D eigenvalue weighted by Gasteiger charge is -2.38. The lowest BCUT2D eigenvalue weighted by molar-refractivity contribution is 0.00566. The number of nitrogens with one attached hydrogen (secondary N) is 2. The summed E-state index contributed by atoms with van der Waals surface area (Å²) in [5, 5.41) is 5.87. The summed E-state index contributed by atoms with van der Waals surface area (Å²) in [5.74, 6) is 0. The van der Waals surface area contributed by atoms with Gasteiger partial charge in [-0.2, -0.15) is 0 Å². The van der Waals surface area contributed by atoms with Gasteiger partial charge in [-0.05, 0) is 92.9 Å². The summed E-state index contributed by atoms with van der Waals surface area (Å²) in [7, 11) is 0. The van der Waals surface area contributed by atoms with Crippen LogP contribution in [0.2, 0.25) is 0 Å². The quantitative estimate of drug-likeness (QED) is 0.540. The number of hydrogen-bond acceptors (Lipinski definition) is 7. The number of alkyl carbamates (subject to hydrolysis) is 2. The van der Waals surface area contributed by atoms with Gasteiger partial charge in [0.05, 0.1) is 13.2 Å². The molecule has 2 saturated carbocycles. The van der Waals surface area contributed by atoms with Gasteiger partial charge >= 0.3 is 12.2 Å². The molecule has 0 aromatic carbocycles. The van der Waals surface area contributed by atoms with Crippen LogP contribution in [0.25, 0.3) is 0 Å². The minimum absolute atomic E-state index is 0.236. The summed E-state index contributed by atoms with van der Waals surface area (Å²) >= 11 is 0. The molecule has 1 saturated heterocycles. The first-order valence-corrected chi connectivity index (χ1v) is 13.4. The molecule has 0 aromatic heterocycles. The maximum atomic E-state index is 11.7. The highest BCUT2D eigenvalue weighted by Crippen LogP contribution is 2.24. The predicted molar refractivity (Wildman–Crippen MR) is 137 cm³/mol. The third-order valence-electron chi connectivity index (χ3n) is 6.47. The number of ether oxygens (including phenoxy) is 3. The third kappa shape index (κ3) is 12.8. The van der Waals surface area contributed by atoms with Gasteiger partial charge in [0, 0.05) is 37.3 Å². The fraction of sp³-hybridized carbons (Fsp3) is 0.923. The van der Waals surface area contributed by atoms with Crippen molar-refractivity contribution in [3.8, 4) is 0 Å². The van der Waals surface area contributed by atoms with Crippen molar-refractivity contribution in [3.63, 3.8) is 0 Å². The van der Waals surface area contributed by atoms with Gasteiger partial charge in [-0.3, -0.25) is 4.90 Å². The molecule has 0 radical (unpaired) electrons. The average Bonchev–Trinajstić information content (AvgIpc) is 2.74. The Morgan fingerprint density at radius 2 is 1.14 bits per heavy atom. The van der Waals surface area contributed by atoms with Crippen LogP contribution in [0.5, 0.6) is 0 Å². The molecule has 0 atom stereocenters. The molecule has 9 nitrogen and oxygen atoms in total. The summed E-state index contributed by atoms with van der Waals surface area (Å²) in [6.45, 7) is 15.1. The van der Waals surface area contributed by atoms with Crippen LogP contribution in [-0.2, 0) is 14.2 Å². The topological polar surface area (TPSA) is 115 Å². The van der Waals surface area contributed by atoms with E-state index in [-0.39, 0.29) is 24.3 Å². The molecular formula is C26H50N4O5. The second-order valence-electron chi connectivity index (χ2n) is 12.1. The normalized spacial score (nSPS) is 28.2. The summed E-state index contributed by atoms with van der Waals surface area (Å²) in [5.41, 5.74) is 4.94. The lowest BCUT2D eigenvalue weighted by Crippen LogP contribution is -2.48. The fourth-order valence-electron chi connectivity index (χ4n) is 4.74. The Bertz CT molecular complexity index is 639. The highest BCUT2D eigenvalue weighted by molar-refractivity contribution is 5.68. The Morgan fingerprint density at radius 1 is 0.743 bits per heavy atom. The number of rotatable bonds is 3. The molecule has 1 heterocycles. The van der Waals surface area contributed by atoms with E-state index in [2.05, 4.69) is 15.5 Å². The largest absolute Gasteiger partial charge is 0.444 e. The molecule has 0 unspecified atom stereocenters. The maximum Gasteiger partial charge on any atom is 0.407 e. The van der Waals surface area contributed by atoms with Gasteiger partial charge in [-0.1, -0.05) is 0 Å². The molecule has 9 heteroatoms. The molecule has 1 aliphatic heterocycles. The second-order valence-corrected chi connectivity index (χ2v) is 12.1. The van der Waals surface area contributed by atoms with Crippen molar-refractivity contribution < 1.29 is 23.8 Å². The molecule has 0 aromatic rings. The number of hydrogen-bond donors (Lipinski definition) is 3. The van der Waals surface area contributed by atoms with Gasteiger partial charge in [0.2, 0.25) is 0 Å². The number of morpholine rings is 1. The van der Waals surface area contributed by atoms with Crippen LogP contribution in [0, 0.1) is 0 Å². The van der Waals surface area contributed by atoms with Crippen LogP contribution in [0.15, 0.2) is 0 Å². The van der Waals surface area contributed by atoms with Gasteiger partial charge in [-0.25, -0.2) is 9.59 Å². The molecule has 204 valence electrons. The zero-order chi connectivity index (χ0) is 26.1. The van der Waals surface area contributed by atoms with E-state index in [4.69, 9.17) is 19.9 Å². The Kier molecular flexibility index (Phi) is 11.6. The maximum absolute atomic E-state index is 11.7. The molecule has 2 aliphatic carbocycles. The Balaban J connectivity index is 0.000000258. The monoisotopic (exact) mass is 498 g/mol. The molecule has 0 spiro atoms. The zero-order valence-corrected chi connectivity index (χ0v) is 22.9. The minimum atomic E-state index is -0.422. The SMILES string of the molecule is CC(C)(C)OC(=O)NC1CCC(N)CC1.CC(C)(C)OC(=O)NC1CCC(N2CCOCC2)CC1. The first-order valence-electron chi connectivity index (χ1n) is 13.4. The minimum Gasteiger partial charge on any atom is -0.444 e. The van der Waals surface area contributed by atoms with Crippen molar-refractivity contribution in [3.05, 3.63) is 0 Å².